The van der Waals surface area contributed by atoms with E-state index in [2.05, 4.69) is 5.32 Å². The Balaban J connectivity index is 1.49. The normalized spacial score (nSPS) is 21.7. The molecule has 1 saturated carbocycles. The Labute approximate surface area is 204 Å². The monoisotopic (exact) mass is 479 g/mol. The zero-order chi connectivity index (χ0) is 23.7. The highest BCUT2D eigenvalue weighted by Crippen LogP contribution is 2.35. The summed E-state index contributed by atoms with van der Waals surface area (Å²) in [5.74, 6) is 0.580. The van der Waals surface area contributed by atoms with Crippen molar-refractivity contribution < 1.29 is 14.3 Å². The Morgan fingerprint density at radius 3 is 2.68 bits per heavy atom. The molecule has 0 bridgehead atoms. The first kappa shape index (κ1) is 23.0. The van der Waals surface area contributed by atoms with Crippen molar-refractivity contribution in [3.05, 3.63) is 53.0 Å². The number of fused-ring (bicyclic) bond motifs is 3. The number of benzene rings is 1. The summed E-state index contributed by atoms with van der Waals surface area (Å²) in [5.41, 5.74) is 1.63. The fraction of sp³-hybridized carbons (Fsp3) is 0.481. The SMILES string of the molecule is COc1cccc(CN2C(=O)c3cc4sccc4n3CC2(C)C(=O)NC2CCCCCCC2)c1. The first-order chi connectivity index (χ1) is 16.5. The van der Waals surface area contributed by atoms with E-state index in [0.717, 1.165) is 47.2 Å². The maximum Gasteiger partial charge on any atom is 0.271 e. The van der Waals surface area contributed by atoms with E-state index in [4.69, 9.17) is 4.74 Å². The first-order valence-corrected chi connectivity index (χ1v) is 13.2. The molecule has 3 aromatic rings. The Morgan fingerprint density at radius 2 is 1.91 bits per heavy atom. The molecule has 2 aromatic heterocycles. The number of aromatic nitrogens is 1. The van der Waals surface area contributed by atoms with Gasteiger partial charge in [-0.25, -0.2) is 0 Å². The van der Waals surface area contributed by atoms with Gasteiger partial charge in [0.25, 0.3) is 5.91 Å². The van der Waals surface area contributed by atoms with Crippen LogP contribution in [0.3, 0.4) is 0 Å². The Kier molecular flexibility index (Phi) is 6.38. The lowest BCUT2D eigenvalue weighted by Gasteiger charge is -2.44. The van der Waals surface area contributed by atoms with Crippen LogP contribution in [0.15, 0.2) is 41.8 Å². The average molecular weight is 480 g/mol. The molecule has 1 aromatic carbocycles. The lowest BCUT2D eigenvalue weighted by atomic mass is 9.91. The molecule has 6 nitrogen and oxygen atoms in total. The molecule has 1 aliphatic heterocycles. The van der Waals surface area contributed by atoms with Gasteiger partial charge in [0.1, 0.15) is 17.0 Å². The predicted molar refractivity (Wildman–Crippen MR) is 135 cm³/mol. The number of ether oxygens (including phenoxy) is 1. The summed E-state index contributed by atoms with van der Waals surface area (Å²) in [6.07, 6.45) is 8.05. The third-order valence-corrected chi connectivity index (χ3v) is 8.31. The maximum atomic E-state index is 13.9. The second-order valence-corrected chi connectivity index (χ2v) is 10.8. The van der Waals surface area contributed by atoms with Crippen LogP contribution in [-0.2, 0) is 17.9 Å². The molecule has 34 heavy (non-hydrogen) atoms. The van der Waals surface area contributed by atoms with Gasteiger partial charge < -0.3 is 19.5 Å². The van der Waals surface area contributed by atoms with Crippen LogP contribution in [-0.4, -0.2) is 40.0 Å². The highest BCUT2D eigenvalue weighted by atomic mass is 32.1. The third kappa shape index (κ3) is 4.22. The Morgan fingerprint density at radius 1 is 1.15 bits per heavy atom. The summed E-state index contributed by atoms with van der Waals surface area (Å²) in [6, 6.07) is 11.9. The Hall–Kier alpha value is -2.80. The van der Waals surface area contributed by atoms with Crippen molar-refractivity contribution in [2.24, 2.45) is 0 Å². The van der Waals surface area contributed by atoms with Crippen molar-refractivity contribution in [3.8, 4) is 5.75 Å². The van der Waals surface area contributed by atoms with Crippen LogP contribution in [0.5, 0.6) is 5.75 Å². The van der Waals surface area contributed by atoms with Gasteiger partial charge >= 0.3 is 0 Å². The van der Waals surface area contributed by atoms with Crippen LogP contribution in [0, 0.1) is 0 Å². The molecule has 1 N–H and O–H groups in total. The second kappa shape index (κ2) is 9.45. The zero-order valence-corrected chi connectivity index (χ0v) is 20.8. The van der Waals surface area contributed by atoms with Gasteiger partial charge in [0, 0.05) is 12.6 Å². The van der Waals surface area contributed by atoms with Gasteiger partial charge in [-0.05, 0) is 55.0 Å². The lowest BCUT2D eigenvalue weighted by molar-refractivity contribution is -0.134. The van der Waals surface area contributed by atoms with Crippen molar-refractivity contribution in [2.75, 3.05) is 7.11 Å². The van der Waals surface area contributed by atoms with Crippen LogP contribution in [0.25, 0.3) is 10.2 Å². The van der Waals surface area contributed by atoms with E-state index in [1.54, 1.807) is 23.3 Å². The number of hydrogen-bond acceptors (Lipinski definition) is 4. The van der Waals surface area contributed by atoms with Gasteiger partial charge in [-0.15, -0.1) is 11.3 Å². The fourth-order valence-corrected chi connectivity index (χ4v) is 6.24. The summed E-state index contributed by atoms with van der Waals surface area (Å²) in [6.45, 7) is 2.71. The molecular formula is C27H33N3O3S. The molecule has 2 aliphatic rings. The smallest absolute Gasteiger partial charge is 0.271 e. The van der Waals surface area contributed by atoms with Gasteiger partial charge in [-0.1, -0.05) is 44.2 Å². The number of methoxy groups -OCH3 is 1. The van der Waals surface area contributed by atoms with Crippen molar-refractivity contribution in [2.45, 2.75) is 76.5 Å². The van der Waals surface area contributed by atoms with Crippen LogP contribution in [0.1, 0.15) is 67.9 Å². The quantitative estimate of drug-likeness (QED) is 0.536. The molecule has 2 amide bonds. The zero-order valence-electron chi connectivity index (χ0n) is 20.0. The first-order valence-electron chi connectivity index (χ1n) is 12.3. The van der Waals surface area contributed by atoms with Gasteiger partial charge in [-0.3, -0.25) is 9.59 Å². The van der Waals surface area contributed by atoms with E-state index in [-0.39, 0.29) is 17.9 Å². The molecule has 5 rings (SSSR count). The van der Waals surface area contributed by atoms with Crippen molar-refractivity contribution in [3.63, 3.8) is 0 Å². The predicted octanol–water partition coefficient (Wildman–Crippen LogP) is 5.36. The van der Waals surface area contributed by atoms with Gasteiger partial charge in [-0.2, -0.15) is 0 Å². The van der Waals surface area contributed by atoms with Crippen LogP contribution < -0.4 is 10.1 Å². The average Bonchev–Trinajstić information content (AvgIpc) is 3.41. The molecule has 1 atom stereocenters. The topological polar surface area (TPSA) is 63.6 Å². The molecule has 180 valence electrons. The number of nitrogens with zero attached hydrogens (tertiary/aromatic N) is 2. The standard InChI is InChI=1S/C27H33N3O3S/c1-27(26(32)28-20-10-6-4-3-5-7-11-20)18-29-22-13-14-34-24(22)16-23(29)25(31)30(27)17-19-9-8-12-21(15-19)33-2/h8-9,12-16,20H,3-7,10-11,17-18H2,1-2H3,(H,28,32). The summed E-state index contributed by atoms with van der Waals surface area (Å²) in [5, 5.41) is 5.39. The highest BCUT2D eigenvalue weighted by molar-refractivity contribution is 7.17. The van der Waals surface area contributed by atoms with E-state index in [1.165, 1.54) is 19.3 Å². The second-order valence-electron chi connectivity index (χ2n) is 9.82. The molecule has 0 saturated heterocycles. The minimum Gasteiger partial charge on any atom is -0.497 e. The number of thiophene rings is 1. The summed E-state index contributed by atoms with van der Waals surface area (Å²) in [7, 11) is 1.64. The molecule has 3 heterocycles. The van der Waals surface area contributed by atoms with E-state index < -0.39 is 5.54 Å². The van der Waals surface area contributed by atoms with Crippen LogP contribution >= 0.6 is 11.3 Å². The molecule has 1 aliphatic carbocycles. The van der Waals surface area contributed by atoms with Crippen molar-refractivity contribution in [1.29, 1.82) is 0 Å². The van der Waals surface area contributed by atoms with Crippen LogP contribution in [0.4, 0.5) is 0 Å². The third-order valence-electron chi connectivity index (χ3n) is 7.45. The van der Waals surface area contributed by atoms with E-state index in [1.807, 2.05) is 53.3 Å². The minimum atomic E-state index is -0.997. The molecular weight excluding hydrogens is 446 g/mol. The summed E-state index contributed by atoms with van der Waals surface area (Å²) < 4.78 is 8.51. The van der Waals surface area contributed by atoms with Gasteiger partial charge in [0.05, 0.1) is 23.9 Å². The van der Waals surface area contributed by atoms with Crippen molar-refractivity contribution >= 4 is 33.4 Å². The van der Waals surface area contributed by atoms with E-state index in [9.17, 15) is 9.59 Å². The Bertz CT molecular complexity index is 1190. The number of nitrogens with one attached hydrogen (secondary N) is 1. The molecule has 0 radical (unpaired) electrons. The number of hydrogen-bond donors (Lipinski definition) is 1. The van der Waals surface area contributed by atoms with Crippen LogP contribution in [0.2, 0.25) is 0 Å². The molecule has 1 fully saturated rings. The number of rotatable bonds is 5. The largest absolute Gasteiger partial charge is 0.497 e. The number of amides is 2. The lowest BCUT2D eigenvalue weighted by Crippen LogP contribution is -2.64. The highest BCUT2D eigenvalue weighted by Gasteiger charge is 2.48. The number of carbonyl (C=O) groups is 2. The maximum absolute atomic E-state index is 13.9. The van der Waals surface area contributed by atoms with E-state index >= 15 is 0 Å². The van der Waals surface area contributed by atoms with E-state index in [0.29, 0.717) is 18.8 Å². The van der Waals surface area contributed by atoms with Gasteiger partial charge in [0.2, 0.25) is 5.91 Å². The molecule has 7 heteroatoms. The molecule has 1 unspecified atom stereocenters. The number of carbonyl (C=O) groups excluding carboxylic acids is 2. The minimum absolute atomic E-state index is 0.0583. The fourth-order valence-electron chi connectivity index (χ4n) is 5.42. The van der Waals surface area contributed by atoms with Gasteiger partial charge in [0.15, 0.2) is 0 Å². The summed E-state index contributed by atoms with van der Waals surface area (Å²) in [4.78, 5) is 29.5. The van der Waals surface area contributed by atoms with Crippen molar-refractivity contribution in [1.82, 2.24) is 14.8 Å². The summed E-state index contributed by atoms with van der Waals surface area (Å²) >= 11 is 1.63. The molecule has 0 spiro atoms.